The van der Waals surface area contributed by atoms with Crippen LogP contribution in [0.15, 0.2) is 104 Å². The number of amides is 1. The number of anilines is 3. The van der Waals surface area contributed by atoms with E-state index in [1.165, 1.54) is 6.33 Å². The minimum absolute atomic E-state index is 0.0317. The van der Waals surface area contributed by atoms with Crippen molar-refractivity contribution < 1.29 is 9.72 Å². The number of aromatic nitrogens is 3. The second-order valence-corrected chi connectivity index (χ2v) is 8.05. The predicted octanol–water partition coefficient (Wildman–Crippen LogP) is 4.95. The summed E-state index contributed by atoms with van der Waals surface area (Å²) in [6.07, 6.45) is 2.85. The normalized spacial score (nSPS) is 10.7. The van der Waals surface area contributed by atoms with Crippen molar-refractivity contribution in [3.63, 3.8) is 0 Å². The molecule has 0 radical (unpaired) electrons. The Kier molecular flexibility index (Phi) is 6.62. The second kappa shape index (κ2) is 10.5. The summed E-state index contributed by atoms with van der Waals surface area (Å²) < 4.78 is 0. The van der Waals surface area contributed by atoms with E-state index < -0.39 is 22.4 Å². The van der Waals surface area contributed by atoms with Gasteiger partial charge in [0.25, 0.3) is 0 Å². The molecule has 2 heterocycles. The highest BCUT2D eigenvalue weighted by Gasteiger charge is 2.26. The van der Waals surface area contributed by atoms with Gasteiger partial charge in [-0.25, -0.2) is 9.97 Å². The van der Waals surface area contributed by atoms with Crippen LogP contribution in [-0.2, 0) is 4.79 Å². The molecule has 0 spiro atoms. The number of benzene rings is 3. The molecule has 0 aliphatic rings. The third-order valence-electron chi connectivity index (χ3n) is 5.74. The van der Waals surface area contributed by atoms with E-state index in [1.54, 1.807) is 24.4 Å². The van der Waals surface area contributed by atoms with Crippen LogP contribution in [0.5, 0.6) is 0 Å². The van der Waals surface area contributed by atoms with Gasteiger partial charge in [0.15, 0.2) is 0 Å². The Labute approximate surface area is 211 Å². The summed E-state index contributed by atoms with van der Waals surface area (Å²) in [5.41, 5.74) is 7.67. The molecule has 10 heteroatoms. The molecule has 3 N–H and O–H groups in total. The quantitative estimate of drug-likeness (QED) is 0.205. The van der Waals surface area contributed by atoms with Crippen LogP contribution in [0.1, 0.15) is 17.0 Å². The molecule has 182 valence electrons. The van der Waals surface area contributed by atoms with Gasteiger partial charge in [0.2, 0.25) is 17.5 Å². The molecular weight excluding hydrogens is 470 g/mol. The molecule has 10 nitrogen and oxygen atoms in total. The van der Waals surface area contributed by atoms with Gasteiger partial charge in [-0.2, -0.15) is 0 Å². The molecule has 0 saturated heterocycles. The van der Waals surface area contributed by atoms with Gasteiger partial charge in [0.1, 0.15) is 6.33 Å². The number of pyridine rings is 1. The maximum Gasteiger partial charge on any atom is 0.355 e. The lowest BCUT2D eigenvalue weighted by Crippen LogP contribution is -2.35. The molecule has 0 aliphatic carbocycles. The third-order valence-corrected chi connectivity index (χ3v) is 5.74. The zero-order valence-electron chi connectivity index (χ0n) is 19.4. The van der Waals surface area contributed by atoms with E-state index in [4.69, 9.17) is 0 Å². The first-order valence-corrected chi connectivity index (χ1v) is 11.4. The molecule has 0 unspecified atom stereocenters. The van der Waals surface area contributed by atoms with Gasteiger partial charge in [-0.15, -0.1) is 0 Å². The van der Waals surface area contributed by atoms with Gasteiger partial charge in [0, 0.05) is 17.3 Å². The van der Waals surface area contributed by atoms with E-state index in [0.717, 1.165) is 22.0 Å². The average molecular weight is 492 g/mol. The Bertz CT molecular complexity index is 1520. The van der Waals surface area contributed by atoms with Crippen LogP contribution in [0, 0.1) is 10.1 Å². The number of nitrogens with one attached hydrogen (secondary N) is 3. The zero-order chi connectivity index (χ0) is 25.6. The number of hydrogen-bond donors (Lipinski definition) is 3. The molecule has 5 rings (SSSR count). The van der Waals surface area contributed by atoms with Crippen molar-refractivity contribution in [2.75, 3.05) is 10.7 Å². The number of rotatable bonds is 8. The Morgan fingerprint density at radius 2 is 1.46 bits per heavy atom. The number of hydrazine groups is 1. The topological polar surface area (TPSA) is 135 Å². The average Bonchev–Trinajstić information content (AvgIpc) is 2.93. The van der Waals surface area contributed by atoms with Crippen LogP contribution < -0.4 is 16.2 Å². The number of carbonyl (C=O) groups excluding carboxylic acids is 1. The van der Waals surface area contributed by atoms with Crippen molar-refractivity contribution in [2.45, 2.75) is 5.92 Å². The third kappa shape index (κ3) is 5.03. The van der Waals surface area contributed by atoms with Crippen molar-refractivity contribution in [3.8, 4) is 0 Å². The molecule has 0 fully saturated rings. The Hall–Kier alpha value is -5.38. The Morgan fingerprint density at radius 1 is 0.784 bits per heavy atom. The van der Waals surface area contributed by atoms with E-state index in [2.05, 4.69) is 31.1 Å². The first-order valence-electron chi connectivity index (χ1n) is 11.4. The van der Waals surface area contributed by atoms with Crippen LogP contribution in [0.4, 0.5) is 23.0 Å². The monoisotopic (exact) mass is 491 g/mol. The number of carbonyl (C=O) groups is 1. The first kappa shape index (κ1) is 23.4. The zero-order valence-corrected chi connectivity index (χ0v) is 19.4. The summed E-state index contributed by atoms with van der Waals surface area (Å²) in [7, 11) is 0. The van der Waals surface area contributed by atoms with Crippen molar-refractivity contribution in [1.29, 1.82) is 0 Å². The fourth-order valence-electron chi connectivity index (χ4n) is 4.05. The van der Waals surface area contributed by atoms with Gasteiger partial charge in [-0.05, 0) is 35.4 Å². The summed E-state index contributed by atoms with van der Waals surface area (Å²) in [6, 6.07) is 27.6. The smallest absolute Gasteiger partial charge is 0.334 e. The molecule has 0 bridgehead atoms. The highest BCUT2D eigenvalue weighted by Crippen LogP contribution is 2.33. The van der Waals surface area contributed by atoms with Crippen molar-refractivity contribution >= 4 is 39.8 Å². The molecule has 5 aromatic rings. The summed E-state index contributed by atoms with van der Waals surface area (Å²) in [5.74, 6) is -1.23. The molecule has 3 aromatic carbocycles. The van der Waals surface area contributed by atoms with Gasteiger partial charge < -0.3 is 5.32 Å². The number of fused-ring (bicyclic) bond motifs is 1. The van der Waals surface area contributed by atoms with E-state index >= 15 is 0 Å². The van der Waals surface area contributed by atoms with Gasteiger partial charge >= 0.3 is 5.69 Å². The van der Waals surface area contributed by atoms with Crippen molar-refractivity contribution in [1.82, 2.24) is 20.4 Å². The van der Waals surface area contributed by atoms with Gasteiger partial charge in [-0.3, -0.25) is 30.7 Å². The molecule has 2 aromatic heterocycles. The van der Waals surface area contributed by atoms with E-state index in [1.807, 2.05) is 72.8 Å². The minimum atomic E-state index is -0.642. The Morgan fingerprint density at radius 3 is 2.14 bits per heavy atom. The molecular formula is C27H21N7O3. The van der Waals surface area contributed by atoms with Crippen molar-refractivity contribution in [2.24, 2.45) is 0 Å². The van der Waals surface area contributed by atoms with Gasteiger partial charge in [0.05, 0.1) is 16.4 Å². The second-order valence-electron chi connectivity index (χ2n) is 8.05. The number of nitro groups is 1. The highest BCUT2D eigenvalue weighted by molar-refractivity contribution is 5.94. The molecule has 37 heavy (non-hydrogen) atoms. The SMILES string of the molecule is O=C(NNc1ncnc(Nc2cccc3ncccc23)c1[N+](=O)[O-])C(c1ccccc1)c1ccccc1. The number of hydrogen-bond acceptors (Lipinski definition) is 8. The van der Waals surface area contributed by atoms with Crippen LogP contribution in [0.25, 0.3) is 10.9 Å². The highest BCUT2D eigenvalue weighted by atomic mass is 16.6. The number of nitrogens with zero attached hydrogens (tertiary/aromatic N) is 4. The maximum atomic E-state index is 13.3. The van der Waals surface area contributed by atoms with Crippen LogP contribution >= 0.6 is 0 Å². The summed E-state index contributed by atoms with van der Waals surface area (Å²) in [4.78, 5) is 37.1. The van der Waals surface area contributed by atoms with E-state index in [9.17, 15) is 14.9 Å². The molecule has 0 saturated carbocycles. The fourth-order valence-corrected chi connectivity index (χ4v) is 4.05. The lowest BCUT2D eigenvalue weighted by molar-refractivity contribution is -0.383. The van der Waals surface area contributed by atoms with Crippen LogP contribution in [0.2, 0.25) is 0 Å². The fraction of sp³-hybridized carbons (Fsp3) is 0.0370. The lowest BCUT2D eigenvalue weighted by atomic mass is 9.91. The van der Waals surface area contributed by atoms with Crippen molar-refractivity contribution in [3.05, 3.63) is 125 Å². The first-order chi connectivity index (χ1) is 18.1. The summed E-state index contributed by atoms with van der Waals surface area (Å²) in [6.45, 7) is 0. The molecule has 0 atom stereocenters. The summed E-state index contributed by atoms with van der Waals surface area (Å²) >= 11 is 0. The Balaban J connectivity index is 1.43. The van der Waals surface area contributed by atoms with E-state index in [-0.39, 0.29) is 11.6 Å². The molecule has 0 aliphatic heterocycles. The lowest BCUT2D eigenvalue weighted by Gasteiger charge is -2.18. The minimum Gasteiger partial charge on any atom is -0.334 e. The largest absolute Gasteiger partial charge is 0.355 e. The molecule has 1 amide bonds. The standard InChI is InChI=1S/C27H21N7O3/c35-27(23(18-9-3-1-4-10-18)19-11-5-2-6-12-19)33-32-26-24(34(36)37)25(29-17-30-26)31-22-15-7-14-21-20(22)13-8-16-28-21/h1-17,23H,(H,33,35)(H2,29,30,31,32). The van der Waals surface area contributed by atoms with Crippen LogP contribution in [-0.4, -0.2) is 25.8 Å². The van der Waals surface area contributed by atoms with Gasteiger partial charge in [-0.1, -0.05) is 66.7 Å². The maximum absolute atomic E-state index is 13.3. The summed E-state index contributed by atoms with van der Waals surface area (Å²) in [5, 5.41) is 15.8. The van der Waals surface area contributed by atoms with Crippen LogP contribution in [0.3, 0.4) is 0 Å². The predicted molar refractivity (Wildman–Crippen MR) is 140 cm³/mol. The van der Waals surface area contributed by atoms with E-state index in [0.29, 0.717) is 5.69 Å².